The lowest BCUT2D eigenvalue weighted by atomic mass is 10.3. The maximum atomic E-state index is 12.3. The molecular formula is C19H17N3O5S2. The third-order valence-electron chi connectivity index (χ3n) is 4.04. The van der Waals surface area contributed by atoms with Crippen LogP contribution in [0.15, 0.2) is 40.0 Å². The zero-order valence-corrected chi connectivity index (χ0v) is 17.5. The van der Waals surface area contributed by atoms with Crippen LogP contribution >= 0.6 is 23.1 Å². The molecule has 4 aromatic rings. The molecule has 2 heterocycles. The summed E-state index contributed by atoms with van der Waals surface area (Å²) < 4.78 is 22.3. The van der Waals surface area contributed by atoms with Crippen LogP contribution in [-0.4, -0.2) is 43.0 Å². The van der Waals surface area contributed by atoms with Crippen molar-refractivity contribution < 1.29 is 23.4 Å². The van der Waals surface area contributed by atoms with E-state index in [0.717, 1.165) is 10.2 Å². The molecule has 0 spiro atoms. The molecular weight excluding hydrogens is 414 g/mol. The number of aromatic nitrogens is 2. The van der Waals surface area contributed by atoms with E-state index in [4.69, 9.17) is 18.6 Å². The molecule has 0 bridgehead atoms. The highest BCUT2D eigenvalue weighted by molar-refractivity contribution is 7.99. The second-order valence-electron chi connectivity index (χ2n) is 5.84. The van der Waals surface area contributed by atoms with E-state index >= 15 is 0 Å². The monoisotopic (exact) mass is 431 g/mol. The van der Waals surface area contributed by atoms with E-state index in [1.807, 2.05) is 6.07 Å². The van der Waals surface area contributed by atoms with Crippen LogP contribution in [0.3, 0.4) is 0 Å². The lowest BCUT2D eigenvalue weighted by molar-refractivity contribution is -0.113. The lowest BCUT2D eigenvalue weighted by Gasteiger charge is -2.05. The molecule has 0 saturated carbocycles. The fourth-order valence-corrected chi connectivity index (χ4v) is 4.20. The number of ether oxygens (including phenoxy) is 3. The number of thioether (sulfide) groups is 1. The summed E-state index contributed by atoms with van der Waals surface area (Å²) >= 11 is 2.58. The molecule has 4 rings (SSSR count). The SMILES string of the molecule is COc1ccc2oc(SCC(=O)Nc3nc4cc(OC)c(OC)cc4s3)nc2c1. The number of anilines is 1. The number of amides is 1. The van der Waals surface area contributed by atoms with Gasteiger partial charge in [-0.25, -0.2) is 9.97 Å². The third-order valence-corrected chi connectivity index (χ3v) is 5.80. The minimum Gasteiger partial charge on any atom is -0.497 e. The average molecular weight is 431 g/mol. The fourth-order valence-electron chi connectivity index (χ4n) is 2.67. The van der Waals surface area contributed by atoms with Gasteiger partial charge in [-0.3, -0.25) is 4.79 Å². The Hall–Kier alpha value is -2.98. The molecule has 2 aromatic heterocycles. The van der Waals surface area contributed by atoms with Gasteiger partial charge in [0.05, 0.1) is 37.3 Å². The number of benzene rings is 2. The maximum absolute atomic E-state index is 12.3. The Morgan fingerprint density at radius 3 is 2.62 bits per heavy atom. The van der Waals surface area contributed by atoms with Gasteiger partial charge < -0.3 is 23.9 Å². The van der Waals surface area contributed by atoms with Gasteiger partial charge in [-0.15, -0.1) is 0 Å². The highest BCUT2D eigenvalue weighted by atomic mass is 32.2. The molecule has 1 amide bonds. The van der Waals surface area contributed by atoms with Gasteiger partial charge in [0.25, 0.3) is 5.22 Å². The standard InChI is InChI=1S/C19H17N3O5S2/c1-24-10-4-5-13-11(6-10)21-19(27-13)28-9-17(23)22-18-20-12-7-14(25-2)15(26-3)8-16(12)29-18/h4-8H,9H2,1-3H3,(H,20,22,23). The predicted molar refractivity (Wildman–Crippen MR) is 113 cm³/mol. The first kappa shape index (κ1) is 19.3. The Labute approximate surface area is 174 Å². The number of hydrogen-bond donors (Lipinski definition) is 1. The topological polar surface area (TPSA) is 95.7 Å². The highest BCUT2D eigenvalue weighted by Gasteiger charge is 2.14. The smallest absolute Gasteiger partial charge is 0.257 e. The number of nitrogens with one attached hydrogen (secondary N) is 1. The Kier molecular flexibility index (Phi) is 5.45. The number of carbonyl (C=O) groups is 1. The number of fused-ring (bicyclic) bond motifs is 2. The van der Waals surface area contributed by atoms with Crippen LogP contribution in [0, 0.1) is 0 Å². The van der Waals surface area contributed by atoms with Crippen LogP contribution in [-0.2, 0) is 4.79 Å². The van der Waals surface area contributed by atoms with E-state index in [2.05, 4.69) is 15.3 Å². The van der Waals surface area contributed by atoms with Crippen molar-refractivity contribution in [2.24, 2.45) is 0 Å². The van der Waals surface area contributed by atoms with Crippen LogP contribution in [0.1, 0.15) is 0 Å². The third kappa shape index (κ3) is 4.08. The molecule has 0 unspecified atom stereocenters. The number of rotatable bonds is 7. The molecule has 8 nitrogen and oxygen atoms in total. The molecule has 0 fully saturated rings. The number of methoxy groups -OCH3 is 3. The quantitative estimate of drug-likeness (QED) is 0.435. The number of nitrogens with zero attached hydrogens (tertiary/aromatic N) is 2. The number of oxazole rings is 1. The second-order valence-corrected chi connectivity index (χ2v) is 7.80. The van der Waals surface area contributed by atoms with Gasteiger partial charge in [0, 0.05) is 18.2 Å². The number of carbonyl (C=O) groups excluding carboxylic acids is 1. The zero-order chi connectivity index (χ0) is 20.4. The first-order valence-electron chi connectivity index (χ1n) is 8.49. The van der Waals surface area contributed by atoms with Crippen LogP contribution < -0.4 is 19.5 Å². The van der Waals surface area contributed by atoms with Crippen LogP contribution in [0.25, 0.3) is 21.3 Å². The summed E-state index contributed by atoms with van der Waals surface area (Å²) in [5, 5.41) is 3.73. The highest BCUT2D eigenvalue weighted by Crippen LogP contribution is 2.36. The van der Waals surface area contributed by atoms with Gasteiger partial charge in [0.1, 0.15) is 11.3 Å². The fraction of sp³-hybridized carbons (Fsp3) is 0.211. The van der Waals surface area contributed by atoms with E-state index in [9.17, 15) is 4.79 Å². The van der Waals surface area contributed by atoms with E-state index in [1.54, 1.807) is 45.6 Å². The molecule has 150 valence electrons. The van der Waals surface area contributed by atoms with Crippen LogP contribution in [0.2, 0.25) is 0 Å². The van der Waals surface area contributed by atoms with Crippen molar-refractivity contribution in [2.45, 2.75) is 5.22 Å². The first-order chi connectivity index (χ1) is 14.1. The van der Waals surface area contributed by atoms with Crippen molar-refractivity contribution in [3.05, 3.63) is 30.3 Å². The minimum atomic E-state index is -0.201. The lowest BCUT2D eigenvalue weighted by Crippen LogP contribution is -2.13. The normalized spacial score (nSPS) is 11.0. The molecule has 0 radical (unpaired) electrons. The van der Waals surface area contributed by atoms with Crippen molar-refractivity contribution in [2.75, 3.05) is 32.4 Å². The maximum Gasteiger partial charge on any atom is 0.257 e. The van der Waals surface area contributed by atoms with Crippen LogP contribution in [0.5, 0.6) is 17.2 Å². The summed E-state index contributed by atoms with van der Waals surface area (Å²) in [6, 6.07) is 8.98. The van der Waals surface area contributed by atoms with Crippen LogP contribution in [0.4, 0.5) is 5.13 Å². The summed E-state index contributed by atoms with van der Waals surface area (Å²) in [7, 11) is 4.74. The molecule has 0 aliphatic rings. The Morgan fingerprint density at radius 1 is 1.07 bits per heavy atom. The molecule has 29 heavy (non-hydrogen) atoms. The predicted octanol–water partition coefficient (Wildman–Crippen LogP) is 4.19. The summed E-state index contributed by atoms with van der Waals surface area (Å²) in [6.45, 7) is 0. The van der Waals surface area contributed by atoms with Crippen molar-refractivity contribution >= 4 is 55.5 Å². The molecule has 0 atom stereocenters. The molecule has 1 N–H and O–H groups in total. The molecule has 2 aromatic carbocycles. The summed E-state index contributed by atoms with van der Waals surface area (Å²) in [4.78, 5) is 21.1. The van der Waals surface area contributed by atoms with Gasteiger partial charge >= 0.3 is 0 Å². The summed E-state index contributed by atoms with van der Waals surface area (Å²) in [6.07, 6.45) is 0. The second kappa shape index (κ2) is 8.18. The summed E-state index contributed by atoms with van der Waals surface area (Å²) in [5.74, 6) is 1.85. The van der Waals surface area contributed by atoms with Crippen molar-refractivity contribution in [1.82, 2.24) is 9.97 Å². The van der Waals surface area contributed by atoms with Gasteiger partial charge in [-0.05, 0) is 12.1 Å². The van der Waals surface area contributed by atoms with E-state index in [-0.39, 0.29) is 11.7 Å². The van der Waals surface area contributed by atoms with Gasteiger partial charge in [-0.2, -0.15) is 0 Å². The van der Waals surface area contributed by atoms with Crippen molar-refractivity contribution in [3.63, 3.8) is 0 Å². The van der Waals surface area contributed by atoms with E-state index in [1.165, 1.54) is 23.1 Å². The number of thiazole rings is 1. The molecule has 0 aliphatic heterocycles. The molecule has 0 aliphatic carbocycles. The molecule has 10 heteroatoms. The zero-order valence-electron chi connectivity index (χ0n) is 15.8. The van der Waals surface area contributed by atoms with E-state index in [0.29, 0.717) is 38.7 Å². The first-order valence-corrected chi connectivity index (χ1v) is 10.3. The van der Waals surface area contributed by atoms with Gasteiger partial charge in [0.2, 0.25) is 5.91 Å². The largest absolute Gasteiger partial charge is 0.497 e. The Bertz CT molecular complexity index is 1150. The molecule has 0 saturated heterocycles. The van der Waals surface area contributed by atoms with Gasteiger partial charge in [0.15, 0.2) is 22.2 Å². The Morgan fingerprint density at radius 2 is 1.86 bits per heavy atom. The van der Waals surface area contributed by atoms with E-state index < -0.39 is 0 Å². The van der Waals surface area contributed by atoms with Gasteiger partial charge in [-0.1, -0.05) is 23.1 Å². The Balaban J connectivity index is 1.43. The van der Waals surface area contributed by atoms with Crippen molar-refractivity contribution in [3.8, 4) is 17.2 Å². The average Bonchev–Trinajstić information content (AvgIpc) is 3.32. The minimum absolute atomic E-state index is 0.145. The van der Waals surface area contributed by atoms with Crippen molar-refractivity contribution in [1.29, 1.82) is 0 Å². The summed E-state index contributed by atoms with van der Waals surface area (Å²) in [5.41, 5.74) is 2.05. The number of hydrogen-bond acceptors (Lipinski definition) is 9.